The van der Waals surface area contributed by atoms with E-state index in [0.717, 1.165) is 31.6 Å². The minimum absolute atomic E-state index is 0.369. The molecule has 2 saturated heterocycles. The van der Waals surface area contributed by atoms with E-state index in [2.05, 4.69) is 50.4 Å². The van der Waals surface area contributed by atoms with Crippen LogP contribution in [0.25, 0.3) is 11.0 Å². The number of rotatable bonds is 8. The van der Waals surface area contributed by atoms with E-state index >= 15 is 0 Å². The van der Waals surface area contributed by atoms with Gasteiger partial charge in [0.2, 0.25) is 5.95 Å². The number of fused-ring (bicyclic) bond motifs is 1. The maximum Gasteiger partial charge on any atom is 0.231 e. The van der Waals surface area contributed by atoms with Crippen LogP contribution in [0.2, 0.25) is 0 Å². The molecule has 10 nitrogen and oxygen atoms in total. The van der Waals surface area contributed by atoms with Crippen LogP contribution in [0.15, 0.2) is 24.4 Å². The highest BCUT2D eigenvalue weighted by atomic mass is 31.2. The molecule has 0 spiro atoms. The first kappa shape index (κ1) is 24.6. The number of nitrogens with one attached hydrogen (secondary N) is 3. The minimum Gasteiger partial charge on any atom is -0.495 e. The first-order valence-electron chi connectivity index (χ1n) is 12.3. The Kier molecular flexibility index (Phi) is 6.89. The van der Waals surface area contributed by atoms with Gasteiger partial charge in [-0.1, -0.05) is 13.8 Å². The zero-order valence-corrected chi connectivity index (χ0v) is 21.8. The molecule has 3 aromatic rings. The van der Waals surface area contributed by atoms with Crippen LogP contribution in [0.1, 0.15) is 19.4 Å². The summed E-state index contributed by atoms with van der Waals surface area (Å²) in [4.78, 5) is 14.7. The third-order valence-electron chi connectivity index (χ3n) is 6.87. The quantitative estimate of drug-likeness (QED) is 0.392. The van der Waals surface area contributed by atoms with E-state index in [-0.39, 0.29) is 0 Å². The molecule has 1 aromatic carbocycles. The van der Waals surface area contributed by atoms with Crippen LogP contribution in [0.5, 0.6) is 5.75 Å². The molecule has 0 amide bonds. The van der Waals surface area contributed by atoms with E-state index in [1.54, 1.807) is 13.3 Å². The van der Waals surface area contributed by atoms with E-state index in [1.165, 1.54) is 0 Å². The fraction of sp³-hybridized carbons (Fsp3) is 0.480. The zero-order chi connectivity index (χ0) is 25.3. The van der Waals surface area contributed by atoms with Crippen molar-refractivity contribution >= 4 is 40.9 Å². The molecule has 3 N–H and O–H groups in total. The predicted octanol–water partition coefficient (Wildman–Crippen LogP) is 3.35. The Morgan fingerprint density at radius 2 is 2.08 bits per heavy atom. The molecule has 0 radical (unpaired) electrons. The smallest absolute Gasteiger partial charge is 0.231 e. The highest BCUT2D eigenvalue weighted by Crippen LogP contribution is 2.48. The Labute approximate surface area is 210 Å². The molecule has 0 atom stereocenters. The Balaban J connectivity index is 1.39. The molecule has 0 unspecified atom stereocenters. The highest BCUT2D eigenvalue weighted by molar-refractivity contribution is 7.71. The Bertz CT molecular complexity index is 1330. The summed E-state index contributed by atoms with van der Waals surface area (Å²) in [5.74, 6) is 1.95. The van der Waals surface area contributed by atoms with Crippen LogP contribution >= 0.6 is 7.14 Å². The van der Waals surface area contributed by atoms with Crippen LogP contribution in [0.4, 0.5) is 17.5 Å². The van der Waals surface area contributed by atoms with E-state index in [1.807, 2.05) is 18.2 Å². The molecular formula is C25H32N7O3P. The zero-order valence-electron chi connectivity index (χ0n) is 20.9. The third kappa shape index (κ3) is 4.79. The van der Waals surface area contributed by atoms with Gasteiger partial charge >= 0.3 is 0 Å². The van der Waals surface area contributed by atoms with Gasteiger partial charge in [0.15, 0.2) is 0 Å². The highest BCUT2D eigenvalue weighted by Gasteiger charge is 2.35. The number of methoxy groups -OCH3 is 1. The predicted molar refractivity (Wildman–Crippen MR) is 141 cm³/mol. The van der Waals surface area contributed by atoms with Crippen molar-refractivity contribution in [2.24, 2.45) is 5.92 Å². The lowest BCUT2D eigenvalue weighted by Gasteiger charge is -2.41. The number of benzene rings is 1. The lowest BCUT2D eigenvalue weighted by molar-refractivity contribution is -0.0620. The fourth-order valence-corrected chi connectivity index (χ4v) is 7.22. The molecule has 0 bridgehead atoms. The second-order valence-corrected chi connectivity index (χ2v) is 13.0. The van der Waals surface area contributed by atoms with Crippen molar-refractivity contribution in [1.29, 1.82) is 5.26 Å². The van der Waals surface area contributed by atoms with Crippen molar-refractivity contribution in [3.63, 3.8) is 0 Å². The van der Waals surface area contributed by atoms with Crippen molar-refractivity contribution in [3.8, 4) is 11.8 Å². The first-order chi connectivity index (χ1) is 17.4. The van der Waals surface area contributed by atoms with Gasteiger partial charge in [0.1, 0.15) is 30.4 Å². The summed E-state index contributed by atoms with van der Waals surface area (Å²) >= 11 is 0. The van der Waals surface area contributed by atoms with Crippen molar-refractivity contribution < 1.29 is 14.0 Å². The van der Waals surface area contributed by atoms with Crippen LogP contribution in [0, 0.1) is 17.2 Å². The van der Waals surface area contributed by atoms with Crippen molar-refractivity contribution in [2.75, 3.05) is 62.9 Å². The monoisotopic (exact) mass is 509 g/mol. The van der Waals surface area contributed by atoms with Crippen LogP contribution in [-0.2, 0) is 9.30 Å². The SMILES string of the molecule is COc1cc(P2(=O)CCN(C3COC3)CC2)ccc1Nc1nc(NCC(C)C)c2c(C#N)c[nH]c2n1. The van der Waals surface area contributed by atoms with Gasteiger partial charge in [0, 0.05) is 43.5 Å². The molecule has 190 valence electrons. The average Bonchev–Trinajstić information content (AvgIpc) is 3.26. The summed E-state index contributed by atoms with van der Waals surface area (Å²) in [7, 11) is -0.898. The lowest BCUT2D eigenvalue weighted by Crippen LogP contribution is -2.52. The summed E-state index contributed by atoms with van der Waals surface area (Å²) < 4.78 is 24.8. The molecule has 2 aliphatic heterocycles. The molecule has 2 aromatic heterocycles. The molecule has 2 fully saturated rings. The van der Waals surface area contributed by atoms with Gasteiger partial charge in [-0.25, -0.2) is 0 Å². The Morgan fingerprint density at radius 3 is 2.72 bits per heavy atom. The number of hydrogen-bond donors (Lipinski definition) is 3. The van der Waals surface area contributed by atoms with Gasteiger partial charge in [-0.2, -0.15) is 15.2 Å². The molecule has 36 heavy (non-hydrogen) atoms. The molecule has 0 saturated carbocycles. The van der Waals surface area contributed by atoms with Gasteiger partial charge in [0.25, 0.3) is 0 Å². The number of hydrogen-bond acceptors (Lipinski definition) is 9. The molecule has 11 heteroatoms. The van der Waals surface area contributed by atoms with Gasteiger partial charge in [-0.3, -0.25) is 4.90 Å². The lowest BCUT2D eigenvalue weighted by atomic mass is 10.2. The van der Waals surface area contributed by atoms with Crippen molar-refractivity contribution in [1.82, 2.24) is 19.9 Å². The van der Waals surface area contributed by atoms with Gasteiger partial charge < -0.3 is 29.7 Å². The molecule has 0 aliphatic carbocycles. The minimum atomic E-state index is -2.50. The van der Waals surface area contributed by atoms with Crippen molar-refractivity contribution in [2.45, 2.75) is 19.9 Å². The fourth-order valence-electron chi connectivity index (χ4n) is 4.62. The third-order valence-corrected chi connectivity index (χ3v) is 9.93. The van der Waals surface area contributed by atoms with E-state index in [9.17, 15) is 9.83 Å². The van der Waals surface area contributed by atoms with E-state index in [4.69, 9.17) is 9.47 Å². The molecule has 2 aliphatic rings. The first-order valence-corrected chi connectivity index (χ1v) is 14.4. The number of nitrogens with zero attached hydrogens (tertiary/aromatic N) is 4. The molecule has 4 heterocycles. The van der Waals surface area contributed by atoms with E-state index in [0.29, 0.717) is 70.6 Å². The maximum atomic E-state index is 13.8. The Hall–Kier alpha value is -3.12. The number of aromatic amines is 1. The summed E-state index contributed by atoms with van der Waals surface area (Å²) in [6.07, 6.45) is 2.97. The largest absolute Gasteiger partial charge is 0.495 e. The summed E-state index contributed by atoms with van der Waals surface area (Å²) in [5.41, 5.74) is 1.74. The van der Waals surface area contributed by atoms with Crippen LogP contribution in [0.3, 0.4) is 0 Å². The van der Waals surface area contributed by atoms with Gasteiger partial charge in [-0.15, -0.1) is 0 Å². The normalized spacial score (nSPS) is 18.1. The molecule has 5 rings (SSSR count). The average molecular weight is 510 g/mol. The molecular weight excluding hydrogens is 477 g/mol. The number of nitriles is 1. The number of H-pyrrole nitrogens is 1. The summed E-state index contributed by atoms with van der Waals surface area (Å²) in [6.45, 7) is 8.14. The van der Waals surface area contributed by atoms with Crippen LogP contribution < -0.4 is 20.7 Å². The maximum absolute atomic E-state index is 13.8. The van der Waals surface area contributed by atoms with E-state index < -0.39 is 7.14 Å². The van der Waals surface area contributed by atoms with Crippen LogP contribution in [-0.4, -0.2) is 78.2 Å². The van der Waals surface area contributed by atoms with Gasteiger partial charge in [0.05, 0.1) is 43.0 Å². The van der Waals surface area contributed by atoms with Crippen molar-refractivity contribution in [3.05, 3.63) is 30.0 Å². The summed E-state index contributed by atoms with van der Waals surface area (Å²) in [6, 6.07) is 8.35. The topological polar surface area (TPSA) is 128 Å². The Morgan fingerprint density at radius 1 is 1.31 bits per heavy atom. The second kappa shape index (κ2) is 10.1. The second-order valence-electron chi connectivity index (χ2n) is 9.78. The number of aromatic nitrogens is 3. The number of ether oxygens (including phenoxy) is 2. The van der Waals surface area contributed by atoms with Gasteiger partial charge in [-0.05, 0) is 24.1 Å². The standard InChI is InChI=1S/C25H32N7O3P/c1-16(2)12-27-23-22-17(11-26)13-28-24(22)31-25(30-23)29-20-5-4-19(10-21(20)34-3)36(33)8-6-32(7-9-36)18-14-35-15-18/h4-5,10,13,16,18H,6-9,12,14-15H2,1-3H3,(H3,27,28,29,30,31). The summed E-state index contributed by atoms with van der Waals surface area (Å²) in [5, 5.41) is 17.6. The number of anilines is 3.